The molecule has 2 aliphatic rings. The third-order valence-electron chi connectivity index (χ3n) is 7.82. The second-order valence-corrected chi connectivity index (χ2v) is 14.5. The molecule has 3 nitrogen and oxygen atoms in total. The third kappa shape index (κ3) is 2.80. The van der Waals surface area contributed by atoms with E-state index in [9.17, 15) is 52.7 Å². The van der Waals surface area contributed by atoms with Crippen molar-refractivity contribution in [2.45, 2.75) is 80.8 Å². The summed E-state index contributed by atoms with van der Waals surface area (Å²) < 4.78 is 186. The summed E-state index contributed by atoms with van der Waals surface area (Å²) >= 11 is 0. The fraction of sp³-hybridized carbons (Fsp3) is 0.700. The molecule has 0 aliphatic carbocycles. The molecular formula is C20H21F12O3P. The van der Waals surface area contributed by atoms with Crippen molar-refractivity contribution in [3.05, 3.63) is 30.3 Å². The van der Waals surface area contributed by atoms with Crippen LogP contribution < -0.4 is 4.52 Å². The normalized spacial score (nSPS) is 27.6. The Morgan fingerprint density at radius 3 is 1.22 bits per heavy atom. The number of para-hydroxylation sites is 1. The molecular weight excluding hydrogens is 547 g/mol. The molecule has 0 aromatic heterocycles. The summed E-state index contributed by atoms with van der Waals surface area (Å²) in [5, 5.41) is -4.63. The van der Waals surface area contributed by atoms with Crippen molar-refractivity contribution in [2.24, 2.45) is 5.92 Å². The Morgan fingerprint density at radius 1 is 0.639 bits per heavy atom. The molecule has 2 heterocycles. The average Bonchev–Trinajstić information content (AvgIpc) is 3.02. The van der Waals surface area contributed by atoms with Gasteiger partial charge in [0.05, 0.1) is 0 Å². The minimum atomic E-state index is -7.32. The molecule has 1 spiro atoms. The molecule has 2 aliphatic heterocycles. The van der Waals surface area contributed by atoms with E-state index in [1.54, 1.807) is 0 Å². The topological polar surface area (TPSA) is 27.7 Å². The van der Waals surface area contributed by atoms with Gasteiger partial charge in [-0.25, -0.2) is 0 Å². The summed E-state index contributed by atoms with van der Waals surface area (Å²) in [7, 11) is -6.81. The van der Waals surface area contributed by atoms with Crippen LogP contribution in [0.1, 0.15) is 34.6 Å². The fourth-order valence-electron chi connectivity index (χ4n) is 5.60. The van der Waals surface area contributed by atoms with Crippen LogP contribution in [0.2, 0.25) is 0 Å². The first-order chi connectivity index (χ1) is 15.7. The monoisotopic (exact) mass is 568 g/mol. The molecule has 3 rings (SSSR count). The Kier molecular flexibility index (Phi) is 5.76. The van der Waals surface area contributed by atoms with Gasteiger partial charge in [0.25, 0.3) is 0 Å². The molecule has 1 aromatic rings. The van der Waals surface area contributed by atoms with Crippen molar-refractivity contribution < 1.29 is 66.3 Å². The molecule has 0 N–H and O–H groups in total. The van der Waals surface area contributed by atoms with Crippen molar-refractivity contribution in [3.63, 3.8) is 0 Å². The SMILES string of the molecule is CC1C(C)(C)P2(Oc3ccccc3)(OC(C(F)(F)F)(C(F)(F)F)C(C(F)(F)F)(C(F)(F)F)O2)C1(C)C. The molecule has 16 heteroatoms. The second-order valence-electron chi connectivity index (χ2n) is 9.85. The van der Waals surface area contributed by atoms with E-state index in [2.05, 4.69) is 9.05 Å². The number of rotatable bonds is 2. The zero-order valence-electron chi connectivity index (χ0n) is 19.2. The van der Waals surface area contributed by atoms with Crippen LogP contribution in [0, 0.1) is 5.92 Å². The summed E-state index contributed by atoms with van der Waals surface area (Å²) in [6, 6.07) is 5.51. The Labute approximate surface area is 197 Å². The van der Waals surface area contributed by atoms with Gasteiger partial charge in [-0.1, -0.05) is 0 Å². The van der Waals surface area contributed by atoms with Gasteiger partial charge in [-0.15, -0.1) is 0 Å². The average molecular weight is 568 g/mol. The van der Waals surface area contributed by atoms with E-state index in [1.807, 2.05) is 0 Å². The molecule has 0 amide bonds. The standard InChI is InChI=1S/C20H21F12O3P/c1-11-13(2,3)36(14(11,4)5,33-12-9-7-6-8-10-12)34-15(17(21,22)23,18(24,25)26)16(35-36,19(27,28)29)20(30,31)32/h6-11H,1-5H3. The summed E-state index contributed by atoms with van der Waals surface area (Å²) in [6.07, 6.45) is -29.3. The van der Waals surface area contributed by atoms with Crippen molar-refractivity contribution in [2.75, 3.05) is 0 Å². The summed E-state index contributed by atoms with van der Waals surface area (Å²) in [4.78, 5) is 0. The summed E-state index contributed by atoms with van der Waals surface area (Å²) in [6.45, 7) is 4.69. The molecule has 0 unspecified atom stereocenters. The molecule has 1 aromatic carbocycles. The van der Waals surface area contributed by atoms with Crippen LogP contribution in [0.15, 0.2) is 30.3 Å². The Morgan fingerprint density at radius 2 is 0.944 bits per heavy atom. The first kappa shape index (κ1) is 29.1. The van der Waals surface area contributed by atoms with E-state index < -0.39 is 65.2 Å². The van der Waals surface area contributed by atoms with Gasteiger partial charge in [0.2, 0.25) is 0 Å². The van der Waals surface area contributed by atoms with E-state index in [0.717, 1.165) is 52.0 Å². The maximum atomic E-state index is 14.3. The molecule has 2 saturated heterocycles. The van der Waals surface area contributed by atoms with Gasteiger partial charge in [-0.2, -0.15) is 0 Å². The number of alkyl halides is 12. The van der Waals surface area contributed by atoms with E-state index in [0.29, 0.717) is 0 Å². The van der Waals surface area contributed by atoms with Crippen LogP contribution in [0.4, 0.5) is 52.7 Å². The van der Waals surface area contributed by atoms with E-state index in [1.165, 1.54) is 13.0 Å². The minimum absolute atomic E-state index is 0.637. The summed E-state index contributed by atoms with van der Waals surface area (Å²) in [5.41, 5.74) is -13.8. The van der Waals surface area contributed by atoms with Crippen molar-refractivity contribution in [1.82, 2.24) is 0 Å². The van der Waals surface area contributed by atoms with Crippen LogP contribution >= 0.6 is 7.28 Å². The summed E-state index contributed by atoms with van der Waals surface area (Å²) in [5.74, 6) is -1.76. The Bertz CT molecular complexity index is 936. The molecule has 0 radical (unpaired) electrons. The Balaban J connectivity index is 2.65. The van der Waals surface area contributed by atoms with Crippen molar-refractivity contribution >= 4 is 7.28 Å². The second kappa shape index (κ2) is 7.13. The van der Waals surface area contributed by atoms with Crippen LogP contribution in [-0.4, -0.2) is 46.2 Å². The molecule has 0 bridgehead atoms. The van der Waals surface area contributed by atoms with E-state index in [-0.39, 0.29) is 0 Å². The van der Waals surface area contributed by atoms with Crippen LogP contribution in [0.3, 0.4) is 0 Å². The molecule has 208 valence electrons. The van der Waals surface area contributed by atoms with Gasteiger partial charge in [0.1, 0.15) is 0 Å². The molecule has 0 atom stereocenters. The fourth-order valence-corrected chi connectivity index (χ4v) is 12.6. The van der Waals surface area contributed by atoms with Crippen LogP contribution in [0.5, 0.6) is 5.75 Å². The Hall–Kier alpha value is -1.47. The molecule has 0 saturated carbocycles. The van der Waals surface area contributed by atoms with Crippen LogP contribution in [-0.2, 0) is 9.05 Å². The number of hydrogen-bond acceptors (Lipinski definition) is 3. The predicted octanol–water partition coefficient (Wildman–Crippen LogP) is 8.34. The zero-order valence-corrected chi connectivity index (χ0v) is 20.1. The van der Waals surface area contributed by atoms with Crippen LogP contribution in [0.25, 0.3) is 0 Å². The third-order valence-corrected chi connectivity index (χ3v) is 14.3. The molecule has 36 heavy (non-hydrogen) atoms. The van der Waals surface area contributed by atoms with Crippen molar-refractivity contribution in [3.8, 4) is 5.75 Å². The maximum absolute atomic E-state index is 14.3. The van der Waals surface area contributed by atoms with Gasteiger partial charge in [0, 0.05) is 0 Å². The van der Waals surface area contributed by atoms with Gasteiger partial charge in [-0.3, -0.25) is 0 Å². The van der Waals surface area contributed by atoms with Gasteiger partial charge < -0.3 is 0 Å². The van der Waals surface area contributed by atoms with E-state index in [4.69, 9.17) is 4.52 Å². The number of benzene rings is 1. The first-order valence-corrected chi connectivity index (χ1v) is 12.2. The van der Waals surface area contributed by atoms with Gasteiger partial charge in [-0.05, 0) is 0 Å². The van der Waals surface area contributed by atoms with Crippen molar-refractivity contribution in [1.29, 1.82) is 0 Å². The zero-order chi connectivity index (χ0) is 28.3. The quantitative estimate of drug-likeness (QED) is 0.265. The predicted molar refractivity (Wildman–Crippen MR) is 103 cm³/mol. The number of hydrogen-bond donors (Lipinski definition) is 0. The van der Waals surface area contributed by atoms with E-state index >= 15 is 0 Å². The van der Waals surface area contributed by atoms with Gasteiger partial charge >= 0.3 is 196 Å². The number of halogens is 12. The first-order valence-electron chi connectivity index (χ1n) is 10.2. The molecule has 2 fully saturated rings. The van der Waals surface area contributed by atoms with Gasteiger partial charge in [0.15, 0.2) is 0 Å².